The van der Waals surface area contributed by atoms with E-state index in [1.165, 1.54) is 7.11 Å². The van der Waals surface area contributed by atoms with E-state index < -0.39 is 0 Å². The Bertz CT molecular complexity index is 433. The lowest BCUT2D eigenvalue weighted by molar-refractivity contribution is 0.0338. The maximum atomic E-state index is 11.7. The van der Waals surface area contributed by atoms with Crippen molar-refractivity contribution in [2.75, 3.05) is 45.3 Å². The SMILES string of the molecule is COC(=O)c1cccnc1N(C)CC1CNCCO1. The number of methoxy groups -OCH3 is 1. The summed E-state index contributed by atoms with van der Waals surface area (Å²) >= 11 is 0. The molecule has 1 fully saturated rings. The average molecular weight is 265 g/mol. The molecule has 1 unspecified atom stereocenters. The first-order chi connectivity index (χ1) is 9.22. The van der Waals surface area contributed by atoms with E-state index in [-0.39, 0.29) is 12.1 Å². The monoisotopic (exact) mass is 265 g/mol. The number of ether oxygens (including phenoxy) is 2. The quantitative estimate of drug-likeness (QED) is 0.790. The standard InChI is InChI=1S/C13H19N3O3/c1-16(9-10-8-14-6-7-19-10)12-11(13(17)18-2)4-3-5-15-12/h3-5,10,14H,6-9H2,1-2H3. The Kier molecular flexibility index (Phi) is 4.70. The average Bonchev–Trinajstić information content (AvgIpc) is 2.47. The van der Waals surface area contributed by atoms with E-state index in [1.807, 2.05) is 11.9 Å². The molecule has 104 valence electrons. The molecule has 2 rings (SSSR count). The van der Waals surface area contributed by atoms with Crippen LogP contribution in [0.15, 0.2) is 18.3 Å². The summed E-state index contributed by atoms with van der Waals surface area (Å²) in [6.45, 7) is 3.08. The molecule has 0 aliphatic carbocycles. The molecule has 0 amide bonds. The minimum Gasteiger partial charge on any atom is -0.465 e. The van der Waals surface area contributed by atoms with Crippen molar-refractivity contribution in [2.24, 2.45) is 0 Å². The van der Waals surface area contributed by atoms with Crippen LogP contribution in [0.3, 0.4) is 0 Å². The summed E-state index contributed by atoms with van der Waals surface area (Å²) in [5.41, 5.74) is 0.469. The first-order valence-electron chi connectivity index (χ1n) is 6.29. The zero-order chi connectivity index (χ0) is 13.7. The Morgan fingerprint density at radius 2 is 2.53 bits per heavy atom. The lowest BCUT2D eigenvalue weighted by atomic mass is 10.2. The third-order valence-electron chi connectivity index (χ3n) is 3.04. The number of pyridine rings is 1. The van der Waals surface area contributed by atoms with Crippen LogP contribution in [-0.4, -0.2) is 57.5 Å². The van der Waals surface area contributed by atoms with Crippen LogP contribution < -0.4 is 10.2 Å². The summed E-state index contributed by atoms with van der Waals surface area (Å²) in [5.74, 6) is 0.237. The molecule has 1 atom stereocenters. The Hall–Kier alpha value is -1.66. The van der Waals surface area contributed by atoms with Gasteiger partial charge in [-0.3, -0.25) is 0 Å². The molecule has 1 aliphatic heterocycles. The molecule has 0 aromatic carbocycles. The van der Waals surface area contributed by atoms with Crippen molar-refractivity contribution < 1.29 is 14.3 Å². The fourth-order valence-corrected chi connectivity index (χ4v) is 2.10. The highest BCUT2D eigenvalue weighted by Crippen LogP contribution is 2.17. The molecule has 0 spiro atoms. The molecule has 1 aromatic rings. The van der Waals surface area contributed by atoms with Crippen molar-refractivity contribution in [3.05, 3.63) is 23.9 Å². The summed E-state index contributed by atoms with van der Waals surface area (Å²) in [6, 6.07) is 3.44. The van der Waals surface area contributed by atoms with Crippen LogP contribution in [-0.2, 0) is 9.47 Å². The molecule has 1 saturated heterocycles. The lowest BCUT2D eigenvalue weighted by Crippen LogP contribution is -2.44. The van der Waals surface area contributed by atoms with Gasteiger partial charge in [0, 0.05) is 32.9 Å². The van der Waals surface area contributed by atoms with Crippen LogP contribution in [0.2, 0.25) is 0 Å². The summed E-state index contributed by atoms with van der Waals surface area (Å²) in [7, 11) is 3.26. The number of morpholine rings is 1. The Morgan fingerprint density at radius 1 is 1.68 bits per heavy atom. The molecule has 2 heterocycles. The second-order valence-electron chi connectivity index (χ2n) is 4.44. The third kappa shape index (κ3) is 3.42. The number of carbonyl (C=O) groups excluding carboxylic acids is 1. The number of hydrogen-bond donors (Lipinski definition) is 1. The fourth-order valence-electron chi connectivity index (χ4n) is 2.10. The molecule has 1 aliphatic rings. The van der Waals surface area contributed by atoms with Crippen LogP contribution in [0, 0.1) is 0 Å². The van der Waals surface area contributed by atoms with Gasteiger partial charge in [-0.1, -0.05) is 0 Å². The highest BCUT2D eigenvalue weighted by molar-refractivity contribution is 5.94. The van der Waals surface area contributed by atoms with Gasteiger partial charge in [0.05, 0.1) is 19.8 Å². The number of carbonyl (C=O) groups is 1. The van der Waals surface area contributed by atoms with Gasteiger partial charge in [-0.05, 0) is 12.1 Å². The first-order valence-corrected chi connectivity index (χ1v) is 6.29. The zero-order valence-electron chi connectivity index (χ0n) is 11.3. The molecule has 19 heavy (non-hydrogen) atoms. The molecular formula is C13H19N3O3. The van der Waals surface area contributed by atoms with Crippen molar-refractivity contribution in [3.8, 4) is 0 Å². The Balaban J connectivity index is 2.09. The van der Waals surface area contributed by atoms with E-state index in [0.29, 0.717) is 24.5 Å². The van der Waals surface area contributed by atoms with Crippen LogP contribution in [0.4, 0.5) is 5.82 Å². The summed E-state index contributed by atoms with van der Waals surface area (Å²) in [5, 5.41) is 3.28. The first kappa shape index (κ1) is 13.8. The van der Waals surface area contributed by atoms with E-state index in [1.54, 1.807) is 18.3 Å². The largest absolute Gasteiger partial charge is 0.465 e. The number of nitrogens with one attached hydrogen (secondary N) is 1. The van der Waals surface area contributed by atoms with Gasteiger partial charge in [0.1, 0.15) is 11.4 Å². The van der Waals surface area contributed by atoms with Gasteiger partial charge in [-0.25, -0.2) is 9.78 Å². The predicted molar refractivity (Wildman–Crippen MR) is 71.5 cm³/mol. The number of aromatic nitrogens is 1. The van der Waals surface area contributed by atoms with E-state index in [0.717, 1.165) is 13.1 Å². The van der Waals surface area contributed by atoms with Crippen LogP contribution in [0.25, 0.3) is 0 Å². The van der Waals surface area contributed by atoms with Gasteiger partial charge in [-0.15, -0.1) is 0 Å². The molecule has 0 saturated carbocycles. The number of nitrogens with zero attached hydrogens (tertiary/aromatic N) is 2. The number of rotatable bonds is 4. The van der Waals surface area contributed by atoms with E-state index in [9.17, 15) is 4.79 Å². The summed E-state index contributed by atoms with van der Waals surface area (Å²) in [4.78, 5) is 17.9. The van der Waals surface area contributed by atoms with Crippen LogP contribution in [0.1, 0.15) is 10.4 Å². The molecule has 6 heteroatoms. The van der Waals surface area contributed by atoms with Crippen LogP contribution >= 0.6 is 0 Å². The van der Waals surface area contributed by atoms with E-state index >= 15 is 0 Å². The van der Waals surface area contributed by atoms with Crippen molar-refractivity contribution in [1.82, 2.24) is 10.3 Å². The summed E-state index contributed by atoms with van der Waals surface area (Å²) in [6.07, 6.45) is 1.77. The lowest BCUT2D eigenvalue weighted by Gasteiger charge is -2.29. The van der Waals surface area contributed by atoms with Crippen molar-refractivity contribution >= 4 is 11.8 Å². The topological polar surface area (TPSA) is 63.7 Å². The second-order valence-corrected chi connectivity index (χ2v) is 4.44. The number of esters is 1. The molecule has 0 bridgehead atoms. The van der Waals surface area contributed by atoms with Gasteiger partial charge in [0.25, 0.3) is 0 Å². The van der Waals surface area contributed by atoms with Gasteiger partial charge in [-0.2, -0.15) is 0 Å². The molecule has 1 N–H and O–H groups in total. The number of hydrogen-bond acceptors (Lipinski definition) is 6. The van der Waals surface area contributed by atoms with Crippen molar-refractivity contribution in [1.29, 1.82) is 0 Å². The smallest absolute Gasteiger partial charge is 0.341 e. The Morgan fingerprint density at radius 3 is 3.21 bits per heavy atom. The van der Waals surface area contributed by atoms with Gasteiger partial charge < -0.3 is 19.7 Å². The molecular weight excluding hydrogens is 246 g/mol. The molecule has 0 radical (unpaired) electrons. The normalized spacial score (nSPS) is 18.9. The number of anilines is 1. The fraction of sp³-hybridized carbons (Fsp3) is 0.538. The third-order valence-corrected chi connectivity index (χ3v) is 3.04. The van der Waals surface area contributed by atoms with Crippen molar-refractivity contribution in [3.63, 3.8) is 0 Å². The Labute approximate surface area is 112 Å². The maximum absolute atomic E-state index is 11.7. The van der Waals surface area contributed by atoms with Crippen molar-refractivity contribution in [2.45, 2.75) is 6.10 Å². The molecule has 6 nitrogen and oxygen atoms in total. The number of likely N-dealkylation sites (N-methyl/N-ethyl adjacent to an activating group) is 1. The van der Waals surface area contributed by atoms with E-state index in [4.69, 9.17) is 9.47 Å². The minimum absolute atomic E-state index is 0.103. The van der Waals surface area contributed by atoms with E-state index in [2.05, 4.69) is 10.3 Å². The molecule has 1 aromatic heterocycles. The maximum Gasteiger partial charge on any atom is 0.341 e. The second kappa shape index (κ2) is 6.49. The van der Waals surface area contributed by atoms with Gasteiger partial charge >= 0.3 is 5.97 Å². The predicted octanol–water partition coefficient (Wildman–Crippen LogP) is 0.293. The highest BCUT2D eigenvalue weighted by atomic mass is 16.5. The van der Waals surface area contributed by atoms with Gasteiger partial charge in [0.2, 0.25) is 0 Å². The highest BCUT2D eigenvalue weighted by Gasteiger charge is 2.20. The van der Waals surface area contributed by atoms with Gasteiger partial charge in [0.15, 0.2) is 0 Å². The zero-order valence-corrected chi connectivity index (χ0v) is 11.3. The minimum atomic E-state index is -0.377. The summed E-state index contributed by atoms with van der Waals surface area (Å²) < 4.78 is 10.4. The van der Waals surface area contributed by atoms with Crippen LogP contribution in [0.5, 0.6) is 0 Å².